The fourth-order valence-electron chi connectivity index (χ4n) is 1.90. The van der Waals surface area contributed by atoms with Gasteiger partial charge in [0.25, 0.3) is 5.91 Å². The highest BCUT2D eigenvalue weighted by Crippen LogP contribution is 2.21. The summed E-state index contributed by atoms with van der Waals surface area (Å²) in [5.74, 6) is -0.646. The molecule has 20 heavy (non-hydrogen) atoms. The van der Waals surface area contributed by atoms with Gasteiger partial charge in [0.15, 0.2) is 0 Å². The zero-order chi connectivity index (χ0) is 14.7. The average Bonchev–Trinajstić information content (AvgIpc) is 2.41. The molecule has 0 saturated carbocycles. The van der Waals surface area contributed by atoms with Crippen molar-refractivity contribution >= 4 is 27.5 Å². The van der Waals surface area contributed by atoms with Gasteiger partial charge < -0.3 is 11.1 Å². The number of carbonyl (C=O) groups is 1. The largest absolute Gasteiger partial charge is 0.399 e. The van der Waals surface area contributed by atoms with Gasteiger partial charge in [0, 0.05) is 15.7 Å². The Kier molecular flexibility index (Phi) is 4.39. The lowest BCUT2D eigenvalue weighted by Gasteiger charge is -2.16. The van der Waals surface area contributed by atoms with Crippen LogP contribution in [-0.4, -0.2) is 5.91 Å². The monoisotopic (exact) mass is 336 g/mol. The molecule has 5 heteroatoms. The van der Waals surface area contributed by atoms with Crippen LogP contribution in [0.25, 0.3) is 0 Å². The maximum atomic E-state index is 13.7. The van der Waals surface area contributed by atoms with E-state index >= 15 is 0 Å². The zero-order valence-electron chi connectivity index (χ0n) is 10.9. The van der Waals surface area contributed by atoms with Crippen LogP contribution >= 0.6 is 15.9 Å². The van der Waals surface area contributed by atoms with Crippen molar-refractivity contribution in [1.29, 1.82) is 0 Å². The van der Waals surface area contributed by atoms with Gasteiger partial charge in [-0.05, 0) is 47.1 Å². The van der Waals surface area contributed by atoms with E-state index in [1.165, 1.54) is 6.07 Å². The molecule has 0 aliphatic rings. The van der Waals surface area contributed by atoms with E-state index in [9.17, 15) is 9.18 Å². The van der Waals surface area contributed by atoms with Gasteiger partial charge in [0.05, 0.1) is 11.6 Å². The summed E-state index contributed by atoms with van der Waals surface area (Å²) in [6.07, 6.45) is 0. The highest BCUT2D eigenvalue weighted by molar-refractivity contribution is 9.10. The Morgan fingerprint density at radius 2 is 2.00 bits per heavy atom. The molecule has 3 nitrogen and oxygen atoms in total. The van der Waals surface area contributed by atoms with Crippen LogP contribution in [-0.2, 0) is 0 Å². The first-order valence-corrected chi connectivity index (χ1v) is 6.88. The molecule has 0 spiro atoms. The topological polar surface area (TPSA) is 55.1 Å². The molecule has 2 aromatic carbocycles. The number of hydrogen-bond acceptors (Lipinski definition) is 2. The molecule has 2 aromatic rings. The van der Waals surface area contributed by atoms with Crippen LogP contribution in [0, 0.1) is 5.82 Å². The van der Waals surface area contributed by atoms with Crippen molar-refractivity contribution in [2.45, 2.75) is 13.0 Å². The summed E-state index contributed by atoms with van der Waals surface area (Å²) in [4.78, 5) is 12.2. The van der Waals surface area contributed by atoms with E-state index in [1.807, 2.05) is 0 Å². The van der Waals surface area contributed by atoms with E-state index < -0.39 is 6.04 Å². The Balaban J connectivity index is 2.20. The Bertz CT molecular complexity index is 646. The van der Waals surface area contributed by atoms with Gasteiger partial charge in [-0.2, -0.15) is 0 Å². The van der Waals surface area contributed by atoms with Crippen LogP contribution in [0.2, 0.25) is 0 Å². The molecule has 0 radical (unpaired) electrons. The Morgan fingerprint density at radius 1 is 1.30 bits per heavy atom. The van der Waals surface area contributed by atoms with Crippen molar-refractivity contribution in [3.63, 3.8) is 0 Å². The molecule has 0 heterocycles. The van der Waals surface area contributed by atoms with Gasteiger partial charge in [0.1, 0.15) is 5.82 Å². The van der Waals surface area contributed by atoms with E-state index in [0.29, 0.717) is 21.3 Å². The van der Waals surface area contributed by atoms with Crippen LogP contribution in [0.5, 0.6) is 0 Å². The number of halogens is 2. The molecule has 1 atom stereocenters. The summed E-state index contributed by atoms with van der Waals surface area (Å²) >= 11 is 3.30. The van der Waals surface area contributed by atoms with Crippen molar-refractivity contribution in [2.75, 3.05) is 5.73 Å². The number of nitrogen functional groups attached to an aromatic ring is 1. The van der Waals surface area contributed by atoms with Crippen molar-refractivity contribution in [3.05, 3.63) is 63.9 Å². The number of nitrogens with one attached hydrogen (secondary N) is 1. The van der Waals surface area contributed by atoms with Crippen LogP contribution in [0.15, 0.2) is 46.9 Å². The van der Waals surface area contributed by atoms with Gasteiger partial charge in [-0.25, -0.2) is 4.39 Å². The Hall–Kier alpha value is -1.88. The molecule has 0 unspecified atom stereocenters. The first-order valence-electron chi connectivity index (χ1n) is 6.09. The summed E-state index contributed by atoms with van der Waals surface area (Å²) in [5.41, 5.74) is 7.04. The standard InChI is InChI=1S/C15H14BrFN2O/c1-9(11-4-2-3-5-14(11)17)19-15(20)12-8-10(18)6-7-13(12)16/h2-9H,18H2,1H3,(H,19,20)/t9-/m1/s1. The van der Waals surface area contributed by atoms with Crippen LogP contribution in [0.3, 0.4) is 0 Å². The quantitative estimate of drug-likeness (QED) is 0.840. The lowest BCUT2D eigenvalue weighted by atomic mass is 10.1. The lowest BCUT2D eigenvalue weighted by Crippen LogP contribution is -2.27. The maximum Gasteiger partial charge on any atom is 0.252 e. The van der Waals surface area contributed by atoms with Gasteiger partial charge in [0.2, 0.25) is 0 Å². The van der Waals surface area contributed by atoms with E-state index in [0.717, 1.165) is 0 Å². The third kappa shape index (κ3) is 3.17. The summed E-state index contributed by atoms with van der Waals surface area (Å²) < 4.78 is 14.3. The highest BCUT2D eigenvalue weighted by atomic mass is 79.9. The minimum Gasteiger partial charge on any atom is -0.399 e. The fraction of sp³-hybridized carbons (Fsp3) is 0.133. The fourth-order valence-corrected chi connectivity index (χ4v) is 2.32. The van der Waals surface area contributed by atoms with E-state index in [-0.39, 0.29) is 11.7 Å². The van der Waals surface area contributed by atoms with Crippen molar-refractivity contribution < 1.29 is 9.18 Å². The van der Waals surface area contributed by atoms with Gasteiger partial charge in [-0.1, -0.05) is 18.2 Å². The summed E-state index contributed by atoms with van der Waals surface area (Å²) in [6.45, 7) is 1.73. The van der Waals surface area contributed by atoms with Gasteiger partial charge in [-0.15, -0.1) is 0 Å². The number of rotatable bonds is 3. The van der Waals surface area contributed by atoms with Crippen molar-refractivity contribution in [3.8, 4) is 0 Å². The molecule has 3 N–H and O–H groups in total. The predicted octanol–water partition coefficient (Wildman–Crippen LogP) is 3.66. The molecule has 104 valence electrons. The molecule has 0 aromatic heterocycles. The van der Waals surface area contributed by atoms with Crippen LogP contribution < -0.4 is 11.1 Å². The molecular weight excluding hydrogens is 323 g/mol. The molecule has 0 aliphatic heterocycles. The number of anilines is 1. The molecule has 0 fully saturated rings. The molecule has 0 bridgehead atoms. The number of nitrogens with two attached hydrogens (primary N) is 1. The zero-order valence-corrected chi connectivity index (χ0v) is 12.4. The van der Waals surface area contributed by atoms with E-state index in [1.54, 1.807) is 43.3 Å². The number of hydrogen-bond donors (Lipinski definition) is 2. The normalized spacial score (nSPS) is 11.9. The lowest BCUT2D eigenvalue weighted by molar-refractivity contribution is 0.0938. The highest BCUT2D eigenvalue weighted by Gasteiger charge is 2.16. The minimum absolute atomic E-state index is 0.306. The van der Waals surface area contributed by atoms with Crippen molar-refractivity contribution in [2.24, 2.45) is 0 Å². The molecule has 1 amide bonds. The minimum atomic E-state index is -0.433. The van der Waals surface area contributed by atoms with Crippen LogP contribution in [0.1, 0.15) is 28.9 Å². The first kappa shape index (κ1) is 14.5. The predicted molar refractivity (Wildman–Crippen MR) is 80.8 cm³/mol. The van der Waals surface area contributed by atoms with Gasteiger partial charge in [-0.3, -0.25) is 4.79 Å². The second-order valence-corrected chi connectivity index (χ2v) is 5.31. The second-order valence-electron chi connectivity index (χ2n) is 4.46. The molecule has 0 aliphatic carbocycles. The Morgan fingerprint density at radius 3 is 2.70 bits per heavy atom. The summed E-state index contributed by atoms with van der Waals surface area (Å²) in [6, 6.07) is 10.9. The molecule has 2 rings (SSSR count). The number of carbonyl (C=O) groups excluding carboxylic acids is 1. The van der Waals surface area contributed by atoms with E-state index in [2.05, 4.69) is 21.2 Å². The smallest absolute Gasteiger partial charge is 0.252 e. The number of amides is 1. The van der Waals surface area contributed by atoms with Crippen LogP contribution in [0.4, 0.5) is 10.1 Å². The second kappa shape index (κ2) is 6.05. The summed E-state index contributed by atoms with van der Waals surface area (Å²) in [5, 5.41) is 2.76. The third-order valence-electron chi connectivity index (χ3n) is 2.95. The molecular formula is C15H14BrFN2O. The SMILES string of the molecule is C[C@@H](NC(=O)c1cc(N)ccc1Br)c1ccccc1F. The first-order chi connectivity index (χ1) is 9.49. The third-order valence-corrected chi connectivity index (χ3v) is 3.65. The average molecular weight is 337 g/mol. The van der Waals surface area contributed by atoms with Gasteiger partial charge >= 0.3 is 0 Å². The molecule has 0 saturated heterocycles. The van der Waals surface area contributed by atoms with Crippen molar-refractivity contribution in [1.82, 2.24) is 5.32 Å². The summed E-state index contributed by atoms with van der Waals surface area (Å²) in [7, 11) is 0. The Labute approximate surface area is 125 Å². The number of benzene rings is 2. The maximum absolute atomic E-state index is 13.7. The van der Waals surface area contributed by atoms with E-state index in [4.69, 9.17) is 5.73 Å².